The Hall–Kier alpha value is -2.30. The fourth-order valence-corrected chi connectivity index (χ4v) is 1.39. The Balaban J connectivity index is 2.61. The van der Waals surface area contributed by atoms with Crippen molar-refractivity contribution in [2.45, 2.75) is 6.92 Å². The minimum absolute atomic E-state index is 0.0230. The second-order valence-corrected chi connectivity index (χ2v) is 3.28. The molecule has 0 aromatic carbocycles. The Morgan fingerprint density at radius 3 is 2.56 bits per heavy atom. The molecule has 2 aromatic rings. The number of hydrogen-bond donors (Lipinski definition) is 1. The van der Waals surface area contributed by atoms with E-state index in [9.17, 15) is 4.79 Å². The molecular weight excluding hydrogens is 206 g/mol. The number of carboxylic acid groups (broad SMARTS) is 1. The quantitative estimate of drug-likeness (QED) is 0.822. The SMILES string of the molecule is Cc1ccc(-c2cncnc2)c(C(=O)O)n1. The van der Waals surface area contributed by atoms with Crippen molar-refractivity contribution in [3.8, 4) is 11.1 Å². The number of rotatable bonds is 2. The van der Waals surface area contributed by atoms with Crippen molar-refractivity contribution in [1.29, 1.82) is 0 Å². The maximum Gasteiger partial charge on any atom is 0.355 e. The third-order valence-corrected chi connectivity index (χ3v) is 2.11. The summed E-state index contributed by atoms with van der Waals surface area (Å²) in [6.45, 7) is 1.75. The number of aromatic carboxylic acids is 1. The van der Waals surface area contributed by atoms with Crippen LogP contribution in [0.15, 0.2) is 30.9 Å². The monoisotopic (exact) mass is 215 g/mol. The first-order chi connectivity index (χ1) is 7.68. The number of nitrogens with zero attached hydrogens (tertiary/aromatic N) is 3. The third kappa shape index (κ3) is 1.88. The molecule has 0 spiro atoms. The van der Waals surface area contributed by atoms with Crippen LogP contribution in [0.4, 0.5) is 0 Å². The number of aryl methyl sites for hydroxylation is 1. The van der Waals surface area contributed by atoms with E-state index in [0.717, 1.165) is 0 Å². The molecule has 0 aliphatic carbocycles. The van der Waals surface area contributed by atoms with Gasteiger partial charge in [0, 0.05) is 29.2 Å². The topological polar surface area (TPSA) is 76.0 Å². The summed E-state index contributed by atoms with van der Waals surface area (Å²) in [6, 6.07) is 3.47. The van der Waals surface area contributed by atoms with Crippen molar-refractivity contribution >= 4 is 5.97 Å². The third-order valence-electron chi connectivity index (χ3n) is 2.11. The zero-order chi connectivity index (χ0) is 11.5. The molecule has 2 heterocycles. The molecule has 2 rings (SSSR count). The Kier molecular flexibility index (Phi) is 2.59. The van der Waals surface area contributed by atoms with Gasteiger partial charge in [-0.3, -0.25) is 0 Å². The van der Waals surface area contributed by atoms with E-state index in [1.807, 2.05) is 0 Å². The molecule has 0 atom stereocenters. The molecule has 80 valence electrons. The summed E-state index contributed by atoms with van der Waals surface area (Å²) in [6.07, 6.45) is 4.52. The Labute approximate surface area is 91.8 Å². The van der Waals surface area contributed by atoms with Gasteiger partial charge in [-0.15, -0.1) is 0 Å². The van der Waals surface area contributed by atoms with Crippen molar-refractivity contribution in [3.63, 3.8) is 0 Å². The molecule has 1 N–H and O–H groups in total. The summed E-state index contributed by atoms with van der Waals surface area (Å²) in [5.41, 5.74) is 1.86. The van der Waals surface area contributed by atoms with E-state index >= 15 is 0 Å². The Bertz CT molecular complexity index is 526. The van der Waals surface area contributed by atoms with Crippen LogP contribution in [-0.4, -0.2) is 26.0 Å². The largest absolute Gasteiger partial charge is 0.476 e. The first kappa shape index (κ1) is 10.2. The van der Waals surface area contributed by atoms with E-state index in [1.54, 1.807) is 31.5 Å². The van der Waals surface area contributed by atoms with Gasteiger partial charge >= 0.3 is 5.97 Å². The Morgan fingerprint density at radius 1 is 1.25 bits per heavy atom. The normalized spacial score (nSPS) is 10.1. The maximum absolute atomic E-state index is 11.0. The molecule has 16 heavy (non-hydrogen) atoms. The summed E-state index contributed by atoms with van der Waals surface area (Å²) < 4.78 is 0. The van der Waals surface area contributed by atoms with Gasteiger partial charge < -0.3 is 5.11 Å². The van der Waals surface area contributed by atoms with Gasteiger partial charge in [0.2, 0.25) is 0 Å². The van der Waals surface area contributed by atoms with E-state index in [0.29, 0.717) is 16.8 Å². The van der Waals surface area contributed by atoms with E-state index in [1.165, 1.54) is 6.33 Å². The second kappa shape index (κ2) is 4.06. The summed E-state index contributed by atoms with van der Waals surface area (Å²) in [5.74, 6) is -1.05. The zero-order valence-corrected chi connectivity index (χ0v) is 8.58. The molecule has 0 unspecified atom stereocenters. The molecule has 0 amide bonds. The lowest BCUT2D eigenvalue weighted by atomic mass is 10.1. The van der Waals surface area contributed by atoms with Crippen molar-refractivity contribution in [3.05, 3.63) is 42.2 Å². The van der Waals surface area contributed by atoms with Crippen molar-refractivity contribution in [1.82, 2.24) is 15.0 Å². The van der Waals surface area contributed by atoms with Gasteiger partial charge in [-0.1, -0.05) is 6.07 Å². The number of pyridine rings is 1. The molecule has 0 aliphatic heterocycles. The smallest absolute Gasteiger partial charge is 0.355 e. The highest BCUT2D eigenvalue weighted by Gasteiger charge is 2.13. The predicted octanol–water partition coefficient (Wildman–Crippen LogP) is 1.55. The lowest BCUT2D eigenvalue weighted by molar-refractivity contribution is 0.0691. The molecule has 0 saturated carbocycles. The summed E-state index contributed by atoms with van der Waals surface area (Å²) in [4.78, 5) is 22.7. The van der Waals surface area contributed by atoms with Gasteiger partial charge in [0.05, 0.1) is 0 Å². The van der Waals surface area contributed by atoms with Crippen LogP contribution in [0.25, 0.3) is 11.1 Å². The standard InChI is InChI=1S/C11H9N3O2/c1-7-2-3-9(10(14-7)11(15)16)8-4-12-6-13-5-8/h2-6H,1H3,(H,15,16). The highest BCUT2D eigenvalue weighted by Crippen LogP contribution is 2.21. The first-order valence-electron chi connectivity index (χ1n) is 4.65. The molecule has 0 radical (unpaired) electrons. The van der Waals surface area contributed by atoms with Gasteiger partial charge in [0.1, 0.15) is 6.33 Å². The fourth-order valence-electron chi connectivity index (χ4n) is 1.39. The number of carboxylic acids is 1. The minimum atomic E-state index is -1.05. The second-order valence-electron chi connectivity index (χ2n) is 3.28. The number of aromatic nitrogens is 3. The van der Waals surface area contributed by atoms with Crippen LogP contribution in [0, 0.1) is 6.92 Å². The van der Waals surface area contributed by atoms with Crippen LogP contribution < -0.4 is 0 Å². The van der Waals surface area contributed by atoms with Crippen LogP contribution >= 0.6 is 0 Å². The molecule has 0 fully saturated rings. The molecule has 2 aromatic heterocycles. The van der Waals surface area contributed by atoms with Gasteiger partial charge in [-0.05, 0) is 13.0 Å². The predicted molar refractivity (Wildman–Crippen MR) is 57.0 cm³/mol. The van der Waals surface area contributed by atoms with Gasteiger partial charge in [0.15, 0.2) is 5.69 Å². The van der Waals surface area contributed by atoms with Crippen LogP contribution in [-0.2, 0) is 0 Å². The number of carbonyl (C=O) groups is 1. The van der Waals surface area contributed by atoms with Gasteiger partial charge in [-0.25, -0.2) is 19.7 Å². The summed E-state index contributed by atoms with van der Waals surface area (Å²) in [7, 11) is 0. The van der Waals surface area contributed by atoms with Crippen molar-refractivity contribution < 1.29 is 9.90 Å². The molecule has 5 nitrogen and oxygen atoms in total. The van der Waals surface area contributed by atoms with E-state index in [4.69, 9.17) is 5.11 Å². The van der Waals surface area contributed by atoms with E-state index < -0.39 is 5.97 Å². The lowest BCUT2D eigenvalue weighted by Gasteiger charge is -2.05. The number of hydrogen-bond acceptors (Lipinski definition) is 4. The van der Waals surface area contributed by atoms with Crippen LogP contribution in [0.5, 0.6) is 0 Å². The molecule has 0 aliphatic rings. The van der Waals surface area contributed by atoms with Crippen LogP contribution in [0.2, 0.25) is 0 Å². The van der Waals surface area contributed by atoms with Crippen LogP contribution in [0.3, 0.4) is 0 Å². The minimum Gasteiger partial charge on any atom is -0.476 e. The highest BCUT2D eigenvalue weighted by atomic mass is 16.4. The molecule has 0 saturated heterocycles. The fraction of sp³-hybridized carbons (Fsp3) is 0.0909. The average Bonchev–Trinajstić information content (AvgIpc) is 2.30. The summed E-state index contributed by atoms with van der Waals surface area (Å²) in [5, 5.41) is 9.05. The lowest BCUT2D eigenvalue weighted by Crippen LogP contribution is -2.04. The molecule has 5 heteroatoms. The van der Waals surface area contributed by atoms with E-state index in [-0.39, 0.29) is 5.69 Å². The summed E-state index contributed by atoms with van der Waals surface area (Å²) >= 11 is 0. The zero-order valence-electron chi connectivity index (χ0n) is 8.58. The maximum atomic E-state index is 11.0. The van der Waals surface area contributed by atoms with E-state index in [2.05, 4.69) is 15.0 Å². The highest BCUT2D eigenvalue weighted by molar-refractivity contribution is 5.93. The molecule has 0 bridgehead atoms. The van der Waals surface area contributed by atoms with Crippen LogP contribution in [0.1, 0.15) is 16.2 Å². The van der Waals surface area contributed by atoms with Gasteiger partial charge in [-0.2, -0.15) is 0 Å². The Morgan fingerprint density at radius 2 is 1.94 bits per heavy atom. The van der Waals surface area contributed by atoms with Crippen molar-refractivity contribution in [2.75, 3.05) is 0 Å². The average molecular weight is 215 g/mol. The molecular formula is C11H9N3O2. The van der Waals surface area contributed by atoms with Crippen molar-refractivity contribution in [2.24, 2.45) is 0 Å². The first-order valence-corrected chi connectivity index (χ1v) is 4.65. The van der Waals surface area contributed by atoms with Gasteiger partial charge in [0.25, 0.3) is 0 Å².